The highest BCUT2D eigenvalue weighted by molar-refractivity contribution is 7.17. The van der Waals surface area contributed by atoms with E-state index in [0.29, 0.717) is 5.92 Å². The fourth-order valence-corrected chi connectivity index (χ4v) is 3.82. The molecule has 3 rings (SSSR count). The largest absolute Gasteiger partial charge is 0.489 e. The molecule has 3 heteroatoms. The minimum absolute atomic E-state index is 0.254. The molecule has 0 fully saturated rings. The normalized spacial score (nSPS) is 12.6. The molecule has 0 amide bonds. The summed E-state index contributed by atoms with van der Waals surface area (Å²) in [7, 11) is 0. The Kier molecular flexibility index (Phi) is 6.48. The van der Waals surface area contributed by atoms with Crippen molar-refractivity contribution in [2.75, 3.05) is 6.54 Å². The number of rotatable bonds is 9. The predicted molar refractivity (Wildman–Crippen MR) is 108 cm³/mol. The summed E-state index contributed by atoms with van der Waals surface area (Å²) in [5, 5.41) is 6.90. The van der Waals surface area contributed by atoms with Crippen LogP contribution in [0.1, 0.15) is 32.3 Å². The van der Waals surface area contributed by atoms with Crippen LogP contribution in [-0.2, 0) is 6.54 Å². The van der Waals surface area contributed by atoms with Crippen LogP contribution in [-0.4, -0.2) is 12.6 Å². The maximum Gasteiger partial charge on any atom is 0.128 e. The van der Waals surface area contributed by atoms with Crippen LogP contribution in [0.4, 0.5) is 0 Å². The number of hydrogen-bond donors (Lipinski definition) is 1. The van der Waals surface area contributed by atoms with Crippen LogP contribution >= 0.6 is 11.3 Å². The monoisotopic (exact) mass is 353 g/mol. The summed E-state index contributed by atoms with van der Waals surface area (Å²) in [6, 6.07) is 19.1. The molecule has 25 heavy (non-hydrogen) atoms. The lowest BCUT2D eigenvalue weighted by Crippen LogP contribution is -2.25. The zero-order chi connectivity index (χ0) is 17.5. The molecule has 2 aromatic carbocycles. The number of benzene rings is 2. The van der Waals surface area contributed by atoms with Crippen LogP contribution in [0.5, 0.6) is 5.75 Å². The summed E-state index contributed by atoms with van der Waals surface area (Å²) < 4.78 is 7.69. The van der Waals surface area contributed by atoms with Gasteiger partial charge in [0.25, 0.3) is 0 Å². The van der Waals surface area contributed by atoms with Crippen molar-refractivity contribution in [2.45, 2.75) is 39.3 Å². The van der Waals surface area contributed by atoms with Gasteiger partial charge in [0, 0.05) is 16.6 Å². The lowest BCUT2D eigenvalue weighted by atomic mass is 10.0. The highest BCUT2D eigenvalue weighted by Crippen LogP contribution is 2.31. The van der Waals surface area contributed by atoms with Crippen molar-refractivity contribution in [3.8, 4) is 5.75 Å². The van der Waals surface area contributed by atoms with Gasteiger partial charge in [-0.2, -0.15) is 0 Å². The molecule has 0 aliphatic rings. The number of thiophene rings is 1. The van der Waals surface area contributed by atoms with Crippen LogP contribution in [0.25, 0.3) is 10.1 Å². The SMILES string of the molecule is CC(C)C(CCCNCc1ccccc1)Oc1cccc2sccc12. The first-order valence-electron chi connectivity index (χ1n) is 9.11. The van der Waals surface area contributed by atoms with E-state index in [1.165, 1.54) is 15.6 Å². The number of ether oxygens (including phenoxy) is 1. The first-order valence-corrected chi connectivity index (χ1v) is 9.99. The Morgan fingerprint density at radius 1 is 1.00 bits per heavy atom. The van der Waals surface area contributed by atoms with Crippen molar-refractivity contribution < 1.29 is 4.74 Å². The first-order chi connectivity index (χ1) is 12.2. The van der Waals surface area contributed by atoms with Gasteiger partial charge >= 0.3 is 0 Å². The average Bonchev–Trinajstić information content (AvgIpc) is 3.11. The standard InChI is InChI=1S/C22H27NOS/c1-17(2)20(11-7-14-23-16-18-8-4-3-5-9-18)24-21-10-6-12-22-19(21)13-15-25-22/h3-6,8-10,12-13,15,17,20,23H,7,11,14,16H2,1-2H3. The van der Waals surface area contributed by atoms with Crippen LogP contribution in [0.15, 0.2) is 60.0 Å². The second-order valence-corrected chi connectivity index (χ2v) is 7.74. The van der Waals surface area contributed by atoms with Gasteiger partial charge in [-0.25, -0.2) is 0 Å². The van der Waals surface area contributed by atoms with Gasteiger partial charge in [-0.3, -0.25) is 0 Å². The molecule has 132 valence electrons. The molecule has 0 bridgehead atoms. The van der Waals surface area contributed by atoms with E-state index >= 15 is 0 Å². The second kappa shape index (κ2) is 9.02. The van der Waals surface area contributed by atoms with Gasteiger partial charge in [-0.1, -0.05) is 50.2 Å². The minimum atomic E-state index is 0.254. The Balaban J connectivity index is 1.49. The van der Waals surface area contributed by atoms with Gasteiger partial charge in [0.1, 0.15) is 11.9 Å². The molecule has 0 saturated heterocycles. The van der Waals surface area contributed by atoms with Gasteiger partial charge in [-0.15, -0.1) is 11.3 Å². The van der Waals surface area contributed by atoms with Crippen LogP contribution in [0, 0.1) is 5.92 Å². The summed E-state index contributed by atoms with van der Waals surface area (Å²) >= 11 is 1.77. The zero-order valence-corrected chi connectivity index (χ0v) is 15.9. The van der Waals surface area contributed by atoms with Crippen LogP contribution in [0.2, 0.25) is 0 Å². The number of hydrogen-bond acceptors (Lipinski definition) is 3. The van der Waals surface area contributed by atoms with E-state index in [4.69, 9.17) is 4.74 Å². The summed E-state index contributed by atoms with van der Waals surface area (Å²) in [4.78, 5) is 0. The third-order valence-corrected chi connectivity index (χ3v) is 5.37. The molecular weight excluding hydrogens is 326 g/mol. The summed E-state index contributed by atoms with van der Waals surface area (Å²) in [5.41, 5.74) is 1.34. The maximum absolute atomic E-state index is 6.39. The van der Waals surface area contributed by atoms with Crippen LogP contribution in [0.3, 0.4) is 0 Å². The third kappa shape index (κ3) is 5.07. The van der Waals surface area contributed by atoms with E-state index in [1.807, 2.05) is 0 Å². The minimum Gasteiger partial charge on any atom is -0.489 e. The van der Waals surface area contributed by atoms with Crippen molar-refractivity contribution in [1.82, 2.24) is 5.32 Å². The fraction of sp³-hybridized carbons (Fsp3) is 0.364. The molecule has 1 heterocycles. The number of fused-ring (bicyclic) bond motifs is 1. The molecule has 0 saturated carbocycles. The zero-order valence-electron chi connectivity index (χ0n) is 15.1. The topological polar surface area (TPSA) is 21.3 Å². The Hall–Kier alpha value is -1.84. The van der Waals surface area contributed by atoms with Crippen molar-refractivity contribution in [2.24, 2.45) is 5.92 Å². The van der Waals surface area contributed by atoms with Crippen molar-refractivity contribution in [1.29, 1.82) is 0 Å². The highest BCUT2D eigenvalue weighted by atomic mass is 32.1. The molecule has 0 radical (unpaired) electrons. The molecule has 1 aromatic heterocycles. The predicted octanol–water partition coefficient (Wildman–Crippen LogP) is 5.87. The fourth-order valence-electron chi connectivity index (χ4n) is 3.02. The highest BCUT2D eigenvalue weighted by Gasteiger charge is 2.16. The smallest absolute Gasteiger partial charge is 0.128 e. The molecule has 0 spiro atoms. The van der Waals surface area contributed by atoms with E-state index in [9.17, 15) is 0 Å². The third-order valence-electron chi connectivity index (χ3n) is 4.49. The van der Waals surface area contributed by atoms with Gasteiger partial charge in [0.15, 0.2) is 0 Å². The molecular formula is C22H27NOS. The number of nitrogens with one attached hydrogen (secondary N) is 1. The Morgan fingerprint density at radius 2 is 1.84 bits per heavy atom. The molecule has 1 N–H and O–H groups in total. The van der Waals surface area contributed by atoms with Gasteiger partial charge in [-0.05, 0) is 54.4 Å². The van der Waals surface area contributed by atoms with Gasteiger partial charge in [0.05, 0.1) is 0 Å². The second-order valence-electron chi connectivity index (χ2n) is 6.79. The maximum atomic E-state index is 6.39. The Bertz CT molecular complexity index is 766. The Labute approximate surface area is 154 Å². The molecule has 1 atom stereocenters. The van der Waals surface area contributed by atoms with Crippen molar-refractivity contribution in [3.05, 3.63) is 65.5 Å². The quantitative estimate of drug-likeness (QED) is 0.485. The van der Waals surface area contributed by atoms with E-state index in [2.05, 4.69) is 79.1 Å². The lowest BCUT2D eigenvalue weighted by Gasteiger charge is -2.23. The molecule has 1 unspecified atom stereocenters. The lowest BCUT2D eigenvalue weighted by molar-refractivity contribution is 0.141. The summed E-state index contributed by atoms with van der Waals surface area (Å²) in [6.45, 7) is 6.44. The summed E-state index contributed by atoms with van der Waals surface area (Å²) in [6.07, 6.45) is 2.44. The molecule has 0 aliphatic carbocycles. The van der Waals surface area contributed by atoms with Crippen LogP contribution < -0.4 is 10.1 Å². The van der Waals surface area contributed by atoms with Gasteiger partial charge < -0.3 is 10.1 Å². The van der Waals surface area contributed by atoms with Crippen molar-refractivity contribution in [3.63, 3.8) is 0 Å². The summed E-state index contributed by atoms with van der Waals surface area (Å²) in [5.74, 6) is 1.53. The van der Waals surface area contributed by atoms with E-state index in [0.717, 1.165) is 31.7 Å². The first kappa shape index (κ1) is 18.0. The molecule has 3 aromatic rings. The molecule has 2 nitrogen and oxygen atoms in total. The Morgan fingerprint density at radius 3 is 2.64 bits per heavy atom. The van der Waals surface area contributed by atoms with E-state index in [-0.39, 0.29) is 6.10 Å². The molecule has 0 aliphatic heterocycles. The average molecular weight is 354 g/mol. The van der Waals surface area contributed by atoms with Crippen molar-refractivity contribution >= 4 is 21.4 Å². The van der Waals surface area contributed by atoms with Gasteiger partial charge in [0.2, 0.25) is 0 Å². The van der Waals surface area contributed by atoms with E-state index in [1.54, 1.807) is 11.3 Å². The van der Waals surface area contributed by atoms with E-state index < -0.39 is 0 Å².